The average molecular weight is 343 g/mol. The van der Waals surface area contributed by atoms with E-state index in [0.717, 1.165) is 24.9 Å². The smallest absolute Gasteiger partial charge is 0.249 e. The minimum Gasteiger partial charge on any atom is -0.369 e. The molecule has 1 aromatic carbocycles. The van der Waals surface area contributed by atoms with E-state index in [1.54, 1.807) is 4.90 Å². The Bertz CT molecular complexity index is 651. The second-order valence-electron chi connectivity index (χ2n) is 7.45. The van der Waals surface area contributed by atoms with E-state index in [1.165, 1.54) is 0 Å². The summed E-state index contributed by atoms with van der Waals surface area (Å²) in [7, 11) is 0. The predicted molar refractivity (Wildman–Crippen MR) is 92.4 cm³/mol. The number of nitrogens with two attached hydrogens (primary N) is 1. The third kappa shape index (κ3) is 3.16. The van der Waals surface area contributed by atoms with Crippen LogP contribution >= 0.6 is 0 Å². The van der Waals surface area contributed by atoms with Crippen molar-refractivity contribution in [1.29, 1.82) is 0 Å². The van der Waals surface area contributed by atoms with E-state index in [1.807, 2.05) is 35.2 Å². The Morgan fingerprint density at radius 1 is 1.20 bits per heavy atom. The lowest BCUT2D eigenvalue weighted by Crippen LogP contribution is -2.56. The number of hydrogen-bond acceptors (Lipinski definition) is 4. The highest BCUT2D eigenvalue weighted by molar-refractivity contribution is 5.89. The molecule has 25 heavy (non-hydrogen) atoms. The van der Waals surface area contributed by atoms with Crippen molar-refractivity contribution in [2.45, 2.75) is 31.5 Å². The first kappa shape index (κ1) is 16.5. The van der Waals surface area contributed by atoms with Crippen molar-refractivity contribution in [3.05, 3.63) is 35.9 Å². The van der Waals surface area contributed by atoms with Gasteiger partial charge in [0, 0.05) is 25.7 Å². The van der Waals surface area contributed by atoms with Crippen molar-refractivity contribution >= 4 is 11.8 Å². The van der Waals surface area contributed by atoms with Gasteiger partial charge in [0.1, 0.15) is 12.6 Å². The quantitative estimate of drug-likeness (QED) is 0.872. The van der Waals surface area contributed by atoms with Crippen molar-refractivity contribution in [3.63, 3.8) is 0 Å². The number of nitrogens with zero attached hydrogens (tertiary/aromatic N) is 2. The molecule has 2 amide bonds. The molecular formula is C19H25N3O3. The Morgan fingerprint density at radius 3 is 2.76 bits per heavy atom. The van der Waals surface area contributed by atoms with Crippen molar-refractivity contribution in [3.8, 4) is 0 Å². The van der Waals surface area contributed by atoms with Crippen LogP contribution in [0.2, 0.25) is 0 Å². The first-order valence-electron chi connectivity index (χ1n) is 9.09. The Labute approximate surface area is 147 Å². The summed E-state index contributed by atoms with van der Waals surface area (Å²) in [6.07, 6.45) is 2.16. The topological polar surface area (TPSA) is 75.9 Å². The number of benzene rings is 1. The van der Waals surface area contributed by atoms with Gasteiger partial charge < -0.3 is 20.3 Å². The molecule has 0 spiro atoms. The molecule has 0 bridgehead atoms. The van der Waals surface area contributed by atoms with Crippen molar-refractivity contribution in [2.75, 3.05) is 26.3 Å². The third-order valence-corrected chi connectivity index (χ3v) is 5.90. The van der Waals surface area contributed by atoms with Crippen LogP contribution in [0.25, 0.3) is 0 Å². The highest BCUT2D eigenvalue weighted by Crippen LogP contribution is 2.37. The number of morpholine rings is 1. The van der Waals surface area contributed by atoms with Gasteiger partial charge in [-0.3, -0.25) is 9.59 Å². The molecule has 6 nitrogen and oxygen atoms in total. The molecule has 3 aliphatic rings. The molecule has 0 radical (unpaired) electrons. The van der Waals surface area contributed by atoms with Crippen LogP contribution in [0.5, 0.6) is 0 Å². The molecule has 4 rings (SSSR count). The first-order valence-corrected chi connectivity index (χ1v) is 9.09. The first-order chi connectivity index (χ1) is 12.1. The van der Waals surface area contributed by atoms with Gasteiger partial charge in [-0.05, 0) is 30.2 Å². The average Bonchev–Trinajstić information content (AvgIpc) is 3.19. The summed E-state index contributed by atoms with van der Waals surface area (Å²) in [6, 6.07) is 9.45. The zero-order chi connectivity index (χ0) is 17.4. The van der Waals surface area contributed by atoms with Gasteiger partial charge in [0.05, 0.1) is 6.61 Å². The van der Waals surface area contributed by atoms with E-state index in [-0.39, 0.29) is 31.1 Å². The molecule has 0 aromatic heterocycles. The molecule has 1 saturated carbocycles. The van der Waals surface area contributed by atoms with Crippen LogP contribution in [-0.2, 0) is 20.9 Å². The Morgan fingerprint density at radius 2 is 2.00 bits per heavy atom. The van der Waals surface area contributed by atoms with Gasteiger partial charge >= 0.3 is 0 Å². The van der Waals surface area contributed by atoms with Crippen LogP contribution in [0.4, 0.5) is 0 Å². The summed E-state index contributed by atoms with van der Waals surface area (Å²) in [5, 5.41) is 0. The number of carbonyl (C=O) groups is 2. The lowest BCUT2D eigenvalue weighted by molar-refractivity contribution is -0.159. The highest BCUT2D eigenvalue weighted by Gasteiger charge is 2.45. The molecular weight excluding hydrogens is 318 g/mol. The zero-order valence-corrected chi connectivity index (χ0v) is 14.3. The highest BCUT2D eigenvalue weighted by atomic mass is 16.5. The van der Waals surface area contributed by atoms with Crippen LogP contribution < -0.4 is 5.73 Å². The monoisotopic (exact) mass is 343 g/mol. The SMILES string of the molecule is NC1CCC2CN(C(=O)[C@H]3COCC(=O)N3Cc3ccccc3)CC12. The van der Waals surface area contributed by atoms with E-state index < -0.39 is 6.04 Å². The van der Waals surface area contributed by atoms with Crippen molar-refractivity contribution < 1.29 is 14.3 Å². The maximum absolute atomic E-state index is 13.1. The number of ether oxygens (including phenoxy) is 1. The predicted octanol–water partition coefficient (Wildman–Crippen LogP) is 0.610. The molecule has 6 heteroatoms. The van der Waals surface area contributed by atoms with Crippen LogP contribution in [0.3, 0.4) is 0 Å². The lowest BCUT2D eigenvalue weighted by atomic mass is 9.98. The number of carbonyl (C=O) groups excluding carboxylic acids is 2. The van der Waals surface area contributed by atoms with Crippen molar-refractivity contribution in [1.82, 2.24) is 9.80 Å². The summed E-state index contributed by atoms with van der Waals surface area (Å²) >= 11 is 0. The number of rotatable bonds is 3. The maximum Gasteiger partial charge on any atom is 0.249 e. The minimum absolute atomic E-state index is 0.00517. The van der Waals surface area contributed by atoms with Gasteiger partial charge in [0.25, 0.3) is 0 Å². The molecule has 1 aromatic rings. The molecule has 2 saturated heterocycles. The molecule has 1 aliphatic carbocycles. The van der Waals surface area contributed by atoms with Crippen LogP contribution in [0, 0.1) is 11.8 Å². The van der Waals surface area contributed by atoms with Gasteiger partial charge in [0.15, 0.2) is 0 Å². The molecule has 3 unspecified atom stereocenters. The lowest BCUT2D eigenvalue weighted by Gasteiger charge is -2.36. The van der Waals surface area contributed by atoms with Crippen molar-refractivity contribution in [2.24, 2.45) is 17.6 Å². The summed E-state index contributed by atoms with van der Waals surface area (Å²) in [5.41, 5.74) is 7.21. The molecule has 2 heterocycles. The Hall–Kier alpha value is -1.92. The Balaban J connectivity index is 1.49. The molecule has 3 fully saturated rings. The number of hydrogen-bond donors (Lipinski definition) is 1. The largest absolute Gasteiger partial charge is 0.369 e. The second-order valence-corrected chi connectivity index (χ2v) is 7.45. The maximum atomic E-state index is 13.1. The third-order valence-electron chi connectivity index (χ3n) is 5.90. The van der Waals surface area contributed by atoms with E-state index in [2.05, 4.69) is 0 Å². The second kappa shape index (κ2) is 6.77. The standard InChI is InChI=1S/C19H25N3O3/c20-16-7-6-14-9-21(10-15(14)16)19(24)17-11-25-12-18(23)22(17)8-13-4-2-1-3-5-13/h1-5,14-17H,6-12,20H2/t14?,15?,16?,17-/m1/s1. The number of fused-ring (bicyclic) bond motifs is 1. The van der Waals surface area contributed by atoms with E-state index >= 15 is 0 Å². The van der Waals surface area contributed by atoms with E-state index in [9.17, 15) is 9.59 Å². The van der Waals surface area contributed by atoms with Gasteiger partial charge in [-0.25, -0.2) is 0 Å². The van der Waals surface area contributed by atoms with Gasteiger partial charge in [-0.2, -0.15) is 0 Å². The summed E-state index contributed by atoms with van der Waals surface area (Å²) < 4.78 is 5.39. The van der Waals surface area contributed by atoms with Crippen LogP contribution in [-0.4, -0.2) is 60.0 Å². The summed E-state index contributed by atoms with van der Waals surface area (Å²) in [4.78, 5) is 29.1. The fraction of sp³-hybridized carbons (Fsp3) is 0.579. The van der Waals surface area contributed by atoms with Crippen LogP contribution in [0.15, 0.2) is 30.3 Å². The fourth-order valence-corrected chi connectivity index (χ4v) is 4.49. The molecule has 4 atom stereocenters. The van der Waals surface area contributed by atoms with E-state index in [4.69, 9.17) is 10.5 Å². The van der Waals surface area contributed by atoms with Gasteiger partial charge in [-0.1, -0.05) is 30.3 Å². The summed E-state index contributed by atoms with van der Waals surface area (Å²) in [5.74, 6) is 0.809. The molecule has 2 aliphatic heterocycles. The molecule has 134 valence electrons. The zero-order valence-electron chi connectivity index (χ0n) is 14.3. The van der Waals surface area contributed by atoms with Crippen LogP contribution in [0.1, 0.15) is 18.4 Å². The van der Waals surface area contributed by atoms with Gasteiger partial charge in [-0.15, -0.1) is 0 Å². The van der Waals surface area contributed by atoms with Gasteiger partial charge in [0.2, 0.25) is 11.8 Å². The fourth-order valence-electron chi connectivity index (χ4n) is 4.49. The summed E-state index contributed by atoms with van der Waals surface area (Å²) in [6.45, 7) is 2.25. The number of likely N-dealkylation sites (tertiary alicyclic amines) is 1. The minimum atomic E-state index is -0.531. The van der Waals surface area contributed by atoms with E-state index in [0.29, 0.717) is 24.9 Å². The molecule has 2 N–H and O–H groups in total. The normalized spacial score (nSPS) is 32.1. The Kier molecular flexibility index (Phi) is 4.48. The number of amides is 2.